The number of alkyl halides is 1. The first-order chi connectivity index (χ1) is 8.56. The predicted octanol–water partition coefficient (Wildman–Crippen LogP) is 3.56. The molecule has 0 aromatic heterocycles. The summed E-state index contributed by atoms with van der Waals surface area (Å²) in [6, 6.07) is 9.87. The highest BCUT2D eigenvalue weighted by atomic mass is 35.5. The second-order valence-corrected chi connectivity index (χ2v) is 5.44. The summed E-state index contributed by atoms with van der Waals surface area (Å²) in [5, 5.41) is 2.93. The molecule has 2 unspecified atom stereocenters. The van der Waals surface area contributed by atoms with Gasteiger partial charge in [0.2, 0.25) is 5.91 Å². The van der Waals surface area contributed by atoms with Crippen molar-refractivity contribution in [2.45, 2.75) is 38.5 Å². The average Bonchev–Trinajstić information content (AvgIpc) is 2.38. The van der Waals surface area contributed by atoms with Crippen molar-refractivity contribution in [3.8, 4) is 0 Å². The van der Waals surface area contributed by atoms with Crippen molar-refractivity contribution in [1.29, 1.82) is 0 Å². The number of rotatable bonds is 6. The Morgan fingerprint density at radius 1 is 1.28 bits per heavy atom. The van der Waals surface area contributed by atoms with E-state index < -0.39 is 0 Å². The summed E-state index contributed by atoms with van der Waals surface area (Å²) in [6.45, 7) is 6.66. The average molecular weight is 268 g/mol. The van der Waals surface area contributed by atoms with Gasteiger partial charge in [0.1, 0.15) is 0 Å². The number of nitrogens with one attached hydrogen (secondary N) is 1. The number of benzene rings is 1. The molecule has 1 aromatic carbocycles. The zero-order chi connectivity index (χ0) is 13.5. The zero-order valence-electron chi connectivity index (χ0n) is 11.3. The van der Waals surface area contributed by atoms with E-state index >= 15 is 0 Å². The summed E-state index contributed by atoms with van der Waals surface area (Å²) in [4.78, 5) is 12.1. The second-order valence-electron chi connectivity index (χ2n) is 4.88. The van der Waals surface area contributed by atoms with Crippen molar-refractivity contribution in [2.75, 3.05) is 6.54 Å². The third kappa shape index (κ3) is 4.34. The highest BCUT2D eigenvalue weighted by Crippen LogP contribution is 2.19. The van der Waals surface area contributed by atoms with Crippen LogP contribution in [0.1, 0.15) is 38.7 Å². The van der Waals surface area contributed by atoms with Gasteiger partial charge in [-0.15, -0.1) is 11.6 Å². The first kappa shape index (κ1) is 15.0. The Kier molecular flexibility index (Phi) is 6.20. The van der Waals surface area contributed by atoms with Crippen molar-refractivity contribution < 1.29 is 4.79 Å². The summed E-state index contributed by atoms with van der Waals surface area (Å²) in [5.74, 6) is 0.348. The topological polar surface area (TPSA) is 29.1 Å². The van der Waals surface area contributed by atoms with Crippen LogP contribution in [0, 0.1) is 5.92 Å². The Labute approximate surface area is 115 Å². The van der Waals surface area contributed by atoms with Crippen LogP contribution in [0.2, 0.25) is 0 Å². The van der Waals surface area contributed by atoms with Gasteiger partial charge in [0.15, 0.2) is 0 Å². The molecule has 0 saturated heterocycles. The molecule has 0 radical (unpaired) electrons. The van der Waals surface area contributed by atoms with Crippen molar-refractivity contribution in [2.24, 2.45) is 5.92 Å². The van der Waals surface area contributed by atoms with Crippen molar-refractivity contribution in [3.05, 3.63) is 35.9 Å². The van der Waals surface area contributed by atoms with Crippen LogP contribution < -0.4 is 5.32 Å². The first-order valence-corrected chi connectivity index (χ1v) is 6.96. The van der Waals surface area contributed by atoms with Crippen LogP contribution in [0.4, 0.5) is 0 Å². The van der Waals surface area contributed by atoms with Gasteiger partial charge in [-0.2, -0.15) is 0 Å². The van der Waals surface area contributed by atoms with Gasteiger partial charge in [-0.3, -0.25) is 4.79 Å². The van der Waals surface area contributed by atoms with E-state index in [0.717, 1.165) is 12.0 Å². The van der Waals surface area contributed by atoms with Gasteiger partial charge in [-0.1, -0.05) is 51.1 Å². The summed E-state index contributed by atoms with van der Waals surface area (Å²) in [7, 11) is 0. The maximum Gasteiger partial charge on any atom is 0.227 e. The number of carbonyl (C=O) groups is 1. The number of halogens is 1. The molecule has 1 aromatic rings. The standard InChI is InChI=1S/C15H22ClNO/c1-4-13(12-8-6-5-7-9-12)15(18)17-10-14(16)11(2)3/h5-9,11,13-14H,4,10H2,1-3H3,(H,17,18). The molecule has 0 aliphatic rings. The fourth-order valence-electron chi connectivity index (χ4n) is 1.81. The summed E-state index contributed by atoms with van der Waals surface area (Å²) in [6.07, 6.45) is 0.796. The Morgan fingerprint density at radius 3 is 2.39 bits per heavy atom. The van der Waals surface area contributed by atoms with E-state index in [2.05, 4.69) is 19.2 Å². The molecule has 0 heterocycles. The van der Waals surface area contributed by atoms with E-state index in [1.54, 1.807) is 0 Å². The minimum Gasteiger partial charge on any atom is -0.354 e. The number of amides is 1. The predicted molar refractivity (Wildman–Crippen MR) is 77.0 cm³/mol. The lowest BCUT2D eigenvalue weighted by atomic mass is 9.95. The van der Waals surface area contributed by atoms with E-state index in [1.807, 2.05) is 37.3 Å². The lowest BCUT2D eigenvalue weighted by Gasteiger charge is -2.18. The van der Waals surface area contributed by atoms with E-state index in [9.17, 15) is 4.79 Å². The quantitative estimate of drug-likeness (QED) is 0.785. The molecule has 2 atom stereocenters. The van der Waals surface area contributed by atoms with Crippen LogP contribution in [-0.4, -0.2) is 17.8 Å². The van der Waals surface area contributed by atoms with Gasteiger partial charge in [-0.25, -0.2) is 0 Å². The van der Waals surface area contributed by atoms with E-state index in [-0.39, 0.29) is 17.2 Å². The third-order valence-electron chi connectivity index (χ3n) is 3.12. The number of carbonyl (C=O) groups excluding carboxylic acids is 1. The number of hydrogen-bond acceptors (Lipinski definition) is 1. The monoisotopic (exact) mass is 267 g/mol. The molecule has 0 fully saturated rings. The molecule has 0 saturated carbocycles. The Balaban J connectivity index is 2.59. The molecule has 18 heavy (non-hydrogen) atoms. The van der Waals surface area contributed by atoms with Crippen molar-refractivity contribution in [3.63, 3.8) is 0 Å². The Bertz CT molecular complexity index is 364. The van der Waals surface area contributed by atoms with Gasteiger partial charge >= 0.3 is 0 Å². The van der Waals surface area contributed by atoms with Crippen LogP contribution in [0.25, 0.3) is 0 Å². The summed E-state index contributed by atoms with van der Waals surface area (Å²) in [5.41, 5.74) is 1.06. The summed E-state index contributed by atoms with van der Waals surface area (Å²) < 4.78 is 0. The van der Waals surface area contributed by atoms with Crippen molar-refractivity contribution >= 4 is 17.5 Å². The molecule has 1 rings (SSSR count). The Morgan fingerprint density at radius 2 is 1.89 bits per heavy atom. The SMILES string of the molecule is CCC(C(=O)NCC(Cl)C(C)C)c1ccccc1. The van der Waals surface area contributed by atoms with Crippen LogP contribution in [0.5, 0.6) is 0 Å². The molecule has 1 amide bonds. The minimum atomic E-state index is -0.0813. The first-order valence-electron chi connectivity index (χ1n) is 6.53. The third-order valence-corrected chi connectivity index (χ3v) is 3.78. The molecule has 0 spiro atoms. The zero-order valence-corrected chi connectivity index (χ0v) is 12.1. The molecule has 1 N–H and O–H groups in total. The fraction of sp³-hybridized carbons (Fsp3) is 0.533. The molecule has 100 valence electrons. The van der Waals surface area contributed by atoms with Gasteiger partial charge in [0, 0.05) is 6.54 Å². The number of hydrogen-bond donors (Lipinski definition) is 1. The van der Waals surface area contributed by atoms with Gasteiger partial charge in [0.25, 0.3) is 0 Å². The Hall–Kier alpha value is -1.02. The van der Waals surface area contributed by atoms with Crippen LogP contribution in [0.15, 0.2) is 30.3 Å². The molecular weight excluding hydrogens is 246 g/mol. The highest BCUT2D eigenvalue weighted by Gasteiger charge is 2.19. The van der Waals surface area contributed by atoms with Crippen LogP contribution in [-0.2, 0) is 4.79 Å². The molecule has 0 bridgehead atoms. The minimum absolute atomic E-state index is 0.0118. The van der Waals surface area contributed by atoms with Gasteiger partial charge < -0.3 is 5.32 Å². The largest absolute Gasteiger partial charge is 0.354 e. The van der Waals surface area contributed by atoms with Gasteiger partial charge in [-0.05, 0) is 17.9 Å². The molecule has 2 nitrogen and oxygen atoms in total. The molecular formula is C15H22ClNO. The lowest BCUT2D eigenvalue weighted by molar-refractivity contribution is -0.122. The van der Waals surface area contributed by atoms with E-state index in [4.69, 9.17) is 11.6 Å². The van der Waals surface area contributed by atoms with E-state index in [1.165, 1.54) is 0 Å². The lowest BCUT2D eigenvalue weighted by Crippen LogP contribution is -2.35. The molecule has 3 heteroatoms. The van der Waals surface area contributed by atoms with E-state index in [0.29, 0.717) is 12.5 Å². The maximum atomic E-state index is 12.1. The van der Waals surface area contributed by atoms with Crippen molar-refractivity contribution in [1.82, 2.24) is 5.32 Å². The smallest absolute Gasteiger partial charge is 0.227 e. The fourth-order valence-corrected chi connectivity index (χ4v) is 1.89. The van der Waals surface area contributed by atoms with Crippen LogP contribution >= 0.6 is 11.6 Å². The van der Waals surface area contributed by atoms with Gasteiger partial charge in [0.05, 0.1) is 11.3 Å². The summed E-state index contributed by atoms with van der Waals surface area (Å²) >= 11 is 6.14. The molecule has 0 aliphatic carbocycles. The second kappa shape index (κ2) is 7.42. The molecule has 0 aliphatic heterocycles. The highest BCUT2D eigenvalue weighted by molar-refractivity contribution is 6.21. The normalized spacial score (nSPS) is 14.3. The maximum absolute atomic E-state index is 12.1. The van der Waals surface area contributed by atoms with Crippen LogP contribution in [0.3, 0.4) is 0 Å².